The fourth-order valence-corrected chi connectivity index (χ4v) is 6.51. The summed E-state index contributed by atoms with van der Waals surface area (Å²) in [4.78, 5) is 39.8. The molecule has 1 fully saturated rings. The number of allylic oxidation sites excluding steroid dienone is 2. The summed E-state index contributed by atoms with van der Waals surface area (Å²) in [6.07, 6.45) is 4.51. The van der Waals surface area contributed by atoms with Gasteiger partial charge in [-0.25, -0.2) is 9.97 Å². The molecular weight excluding hydrogens is 536 g/mol. The standard InChI is InChI=1S/C32H32N4O4S/c1-2-4-25(37)9-10-29(39)36-12-11-21-7-8-22(17-24(21)20-36)28-19-27-30(41-28)32(35-13-15-40-16-14-35)34-31(33-27)23-5-3-6-26(38)18-23/h2-8,17-19,38H,9-16,20H2,1H3/b4-2+. The molecule has 0 bridgehead atoms. The summed E-state index contributed by atoms with van der Waals surface area (Å²) in [5, 5.41) is 10.1. The van der Waals surface area contributed by atoms with Crippen LogP contribution in [0.15, 0.2) is 60.7 Å². The zero-order chi connectivity index (χ0) is 28.3. The first kappa shape index (κ1) is 27.1. The maximum atomic E-state index is 12.9. The molecule has 0 unspecified atom stereocenters. The number of phenols is 1. The molecule has 41 heavy (non-hydrogen) atoms. The van der Waals surface area contributed by atoms with E-state index >= 15 is 0 Å². The molecule has 0 spiro atoms. The monoisotopic (exact) mass is 568 g/mol. The van der Waals surface area contributed by atoms with Crippen molar-refractivity contribution in [2.75, 3.05) is 37.7 Å². The summed E-state index contributed by atoms with van der Waals surface area (Å²) >= 11 is 1.67. The Balaban J connectivity index is 1.32. The highest BCUT2D eigenvalue weighted by atomic mass is 32.1. The highest BCUT2D eigenvalue weighted by Crippen LogP contribution is 2.40. The highest BCUT2D eigenvalue weighted by Gasteiger charge is 2.23. The molecule has 6 rings (SSSR count). The second-order valence-electron chi connectivity index (χ2n) is 10.4. The van der Waals surface area contributed by atoms with Gasteiger partial charge in [-0.15, -0.1) is 11.3 Å². The van der Waals surface area contributed by atoms with E-state index in [-0.39, 0.29) is 30.3 Å². The van der Waals surface area contributed by atoms with Crippen LogP contribution in [0.3, 0.4) is 0 Å². The third kappa shape index (κ3) is 5.87. The lowest BCUT2D eigenvalue weighted by molar-refractivity contribution is -0.133. The number of thiophene rings is 1. The first-order valence-corrected chi connectivity index (χ1v) is 14.8. The molecule has 2 aliphatic heterocycles. The van der Waals surface area contributed by atoms with Crippen LogP contribution < -0.4 is 4.90 Å². The molecule has 0 aliphatic carbocycles. The number of hydrogen-bond acceptors (Lipinski definition) is 8. The number of ketones is 1. The van der Waals surface area contributed by atoms with Gasteiger partial charge in [0.25, 0.3) is 0 Å². The van der Waals surface area contributed by atoms with E-state index in [4.69, 9.17) is 14.7 Å². The van der Waals surface area contributed by atoms with Crippen LogP contribution in [0.2, 0.25) is 0 Å². The van der Waals surface area contributed by atoms with Crippen LogP contribution in [0.1, 0.15) is 30.9 Å². The minimum absolute atomic E-state index is 0.0166. The SMILES string of the molecule is C/C=C/C(=O)CCC(=O)N1CCc2ccc(-c3cc4nc(-c5cccc(O)c5)nc(N5CCOCC5)c4s3)cc2C1. The molecule has 2 aromatic heterocycles. The van der Waals surface area contributed by atoms with Crippen LogP contribution in [0.4, 0.5) is 5.82 Å². The van der Waals surface area contributed by atoms with Crippen LogP contribution in [-0.2, 0) is 27.3 Å². The first-order valence-electron chi connectivity index (χ1n) is 14.0. The molecule has 0 radical (unpaired) electrons. The summed E-state index contributed by atoms with van der Waals surface area (Å²) in [7, 11) is 0. The van der Waals surface area contributed by atoms with Crippen molar-refractivity contribution in [3.05, 3.63) is 71.8 Å². The number of phenolic OH excluding ortho intramolecular Hbond substituents is 1. The normalized spacial score (nSPS) is 15.4. The Hall–Kier alpha value is -4.08. The van der Waals surface area contributed by atoms with Crippen molar-refractivity contribution in [1.82, 2.24) is 14.9 Å². The average molecular weight is 569 g/mol. The smallest absolute Gasteiger partial charge is 0.223 e. The number of aromatic hydroxyl groups is 1. The Labute approximate surface area is 242 Å². The molecule has 8 nitrogen and oxygen atoms in total. The number of rotatable bonds is 7. The van der Waals surface area contributed by atoms with Crippen molar-refractivity contribution < 1.29 is 19.4 Å². The Morgan fingerprint density at radius 1 is 1.00 bits per heavy atom. The van der Waals surface area contributed by atoms with E-state index in [1.54, 1.807) is 42.5 Å². The van der Waals surface area contributed by atoms with Gasteiger partial charge in [0.15, 0.2) is 17.4 Å². The molecule has 2 aromatic carbocycles. The van der Waals surface area contributed by atoms with Crippen molar-refractivity contribution >= 4 is 39.1 Å². The Morgan fingerprint density at radius 3 is 2.66 bits per heavy atom. The van der Waals surface area contributed by atoms with Gasteiger partial charge in [-0.2, -0.15) is 0 Å². The Kier molecular flexibility index (Phi) is 7.80. The third-order valence-electron chi connectivity index (χ3n) is 7.56. The topological polar surface area (TPSA) is 95.9 Å². The zero-order valence-corrected chi connectivity index (χ0v) is 23.8. The van der Waals surface area contributed by atoms with Gasteiger partial charge in [-0.3, -0.25) is 9.59 Å². The number of fused-ring (bicyclic) bond motifs is 2. The lowest BCUT2D eigenvalue weighted by Crippen LogP contribution is -2.36. The Morgan fingerprint density at radius 2 is 1.85 bits per heavy atom. The van der Waals surface area contributed by atoms with E-state index in [1.807, 2.05) is 11.0 Å². The fraction of sp³-hybridized carbons (Fsp3) is 0.312. The lowest BCUT2D eigenvalue weighted by Gasteiger charge is -2.29. The number of nitrogens with zero attached hydrogens (tertiary/aromatic N) is 4. The number of benzene rings is 2. The van der Waals surface area contributed by atoms with Crippen LogP contribution >= 0.6 is 11.3 Å². The summed E-state index contributed by atoms with van der Waals surface area (Å²) in [6.45, 7) is 5.82. The number of hydrogen-bond donors (Lipinski definition) is 1. The van der Waals surface area contributed by atoms with Crippen LogP contribution in [0.5, 0.6) is 5.75 Å². The molecular formula is C32H32N4O4S. The van der Waals surface area contributed by atoms with Crippen molar-refractivity contribution in [3.8, 4) is 27.6 Å². The molecule has 210 valence electrons. The number of carbonyl (C=O) groups is 2. The Bertz CT molecular complexity index is 1640. The number of amides is 1. The molecule has 4 heterocycles. The maximum Gasteiger partial charge on any atom is 0.223 e. The molecule has 0 atom stereocenters. The minimum Gasteiger partial charge on any atom is -0.508 e. The number of morpholine rings is 1. The third-order valence-corrected chi connectivity index (χ3v) is 8.73. The van der Waals surface area contributed by atoms with Gasteiger partial charge >= 0.3 is 0 Å². The number of aromatic nitrogens is 2. The van der Waals surface area contributed by atoms with E-state index in [1.165, 1.54) is 11.6 Å². The van der Waals surface area contributed by atoms with Crippen LogP contribution in [0.25, 0.3) is 32.0 Å². The van der Waals surface area contributed by atoms with Gasteiger partial charge in [-0.1, -0.05) is 30.3 Å². The van der Waals surface area contributed by atoms with Gasteiger partial charge in [0.1, 0.15) is 5.75 Å². The average Bonchev–Trinajstić information content (AvgIpc) is 3.44. The van der Waals surface area contributed by atoms with Crippen molar-refractivity contribution in [3.63, 3.8) is 0 Å². The van der Waals surface area contributed by atoms with E-state index < -0.39 is 0 Å². The van der Waals surface area contributed by atoms with Crippen molar-refractivity contribution in [2.24, 2.45) is 0 Å². The first-order chi connectivity index (χ1) is 20.0. The molecule has 1 N–H and O–H groups in total. The van der Waals surface area contributed by atoms with E-state index in [0.29, 0.717) is 32.1 Å². The summed E-state index contributed by atoms with van der Waals surface area (Å²) in [5.74, 6) is 1.64. The minimum atomic E-state index is -0.0166. The van der Waals surface area contributed by atoms with Crippen LogP contribution in [-0.4, -0.2) is 64.5 Å². The van der Waals surface area contributed by atoms with E-state index in [2.05, 4.69) is 29.2 Å². The molecule has 0 saturated carbocycles. The van der Waals surface area contributed by atoms with Crippen molar-refractivity contribution in [1.29, 1.82) is 0 Å². The van der Waals surface area contributed by atoms with E-state index in [0.717, 1.165) is 57.1 Å². The molecule has 1 amide bonds. The van der Waals surface area contributed by atoms with Crippen molar-refractivity contribution in [2.45, 2.75) is 32.7 Å². The molecule has 2 aliphatic rings. The fourth-order valence-electron chi connectivity index (χ4n) is 5.40. The van der Waals surface area contributed by atoms with Gasteiger partial charge in [0, 0.05) is 49.5 Å². The second kappa shape index (κ2) is 11.8. The summed E-state index contributed by atoms with van der Waals surface area (Å²) in [6, 6.07) is 15.6. The highest BCUT2D eigenvalue weighted by molar-refractivity contribution is 7.22. The van der Waals surface area contributed by atoms with Gasteiger partial charge in [-0.05, 0) is 60.4 Å². The molecule has 4 aromatic rings. The lowest BCUT2D eigenvalue weighted by atomic mass is 9.96. The van der Waals surface area contributed by atoms with E-state index in [9.17, 15) is 14.7 Å². The largest absolute Gasteiger partial charge is 0.508 e. The predicted octanol–water partition coefficient (Wildman–Crippen LogP) is 5.38. The predicted molar refractivity (Wildman–Crippen MR) is 161 cm³/mol. The second-order valence-corrected chi connectivity index (χ2v) is 11.4. The molecule has 9 heteroatoms. The quantitative estimate of drug-likeness (QED) is 0.299. The van der Waals surface area contributed by atoms with Gasteiger partial charge < -0.3 is 19.6 Å². The summed E-state index contributed by atoms with van der Waals surface area (Å²) in [5.41, 5.74) is 5.10. The number of ether oxygens (including phenoxy) is 1. The summed E-state index contributed by atoms with van der Waals surface area (Å²) < 4.78 is 6.61. The van der Waals surface area contributed by atoms with Crippen LogP contribution in [0, 0.1) is 0 Å². The van der Waals surface area contributed by atoms with Gasteiger partial charge in [0.2, 0.25) is 5.91 Å². The molecule has 1 saturated heterocycles. The number of anilines is 1. The number of carbonyl (C=O) groups excluding carboxylic acids is 2. The zero-order valence-electron chi connectivity index (χ0n) is 23.0. The maximum absolute atomic E-state index is 12.9. The van der Waals surface area contributed by atoms with Gasteiger partial charge in [0.05, 0.1) is 23.4 Å².